The number of hydrogen-bond acceptors (Lipinski definition) is 7. The van der Waals surface area contributed by atoms with E-state index in [1.165, 1.54) is 12.3 Å². The van der Waals surface area contributed by atoms with Crippen LogP contribution in [0.5, 0.6) is 0 Å². The third-order valence-electron chi connectivity index (χ3n) is 4.43. The van der Waals surface area contributed by atoms with Gasteiger partial charge in [0, 0.05) is 24.1 Å². The van der Waals surface area contributed by atoms with Gasteiger partial charge in [-0.05, 0) is 30.7 Å². The first kappa shape index (κ1) is 19.8. The van der Waals surface area contributed by atoms with Crippen LogP contribution in [0.3, 0.4) is 0 Å². The highest BCUT2D eigenvalue weighted by atomic mass is 32.2. The third kappa shape index (κ3) is 4.41. The monoisotopic (exact) mass is 425 g/mol. The lowest BCUT2D eigenvalue weighted by Crippen LogP contribution is -2.22. The minimum absolute atomic E-state index is 0.0247. The van der Waals surface area contributed by atoms with E-state index in [2.05, 4.69) is 14.7 Å². The Kier molecular flexibility index (Phi) is 5.62. The molecule has 0 saturated carbocycles. The highest BCUT2D eigenvalue weighted by Crippen LogP contribution is 2.22. The van der Waals surface area contributed by atoms with Gasteiger partial charge in [0.25, 0.3) is 10.0 Å². The predicted octanol–water partition coefficient (Wildman–Crippen LogP) is 2.90. The van der Waals surface area contributed by atoms with Gasteiger partial charge < -0.3 is 9.15 Å². The normalized spacial score (nSPS) is 15.5. The molecule has 0 amide bonds. The Balaban J connectivity index is 1.25. The zero-order valence-electron chi connectivity index (χ0n) is 15.9. The summed E-state index contributed by atoms with van der Waals surface area (Å²) < 4.78 is 37.1. The largest absolute Gasteiger partial charge is 0.459 e. The maximum Gasteiger partial charge on any atom is 0.306 e. The molecule has 154 valence electrons. The zero-order chi connectivity index (χ0) is 21.0. The molecule has 3 aromatic rings. The van der Waals surface area contributed by atoms with E-state index in [4.69, 9.17) is 9.15 Å². The maximum absolute atomic E-state index is 12.0. The van der Waals surface area contributed by atoms with Crippen LogP contribution in [-0.4, -0.2) is 31.8 Å². The summed E-state index contributed by atoms with van der Waals surface area (Å²) in [6.45, 7) is 0.320. The number of rotatable bonds is 7. The topological polar surface area (TPSA) is 111 Å². The number of aliphatic imine (C=N–C) groups is 1. The molecule has 0 unspecified atom stereocenters. The van der Waals surface area contributed by atoms with Crippen LogP contribution in [0.1, 0.15) is 24.1 Å². The van der Waals surface area contributed by atoms with Gasteiger partial charge in [-0.2, -0.15) is 0 Å². The van der Waals surface area contributed by atoms with E-state index in [1.807, 2.05) is 30.3 Å². The van der Waals surface area contributed by atoms with Crippen LogP contribution in [0.25, 0.3) is 11.5 Å². The van der Waals surface area contributed by atoms with Crippen molar-refractivity contribution in [1.82, 2.24) is 9.71 Å². The summed E-state index contributed by atoms with van der Waals surface area (Å²) in [6.07, 6.45) is 2.06. The van der Waals surface area contributed by atoms with Crippen molar-refractivity contribution in [1.29, 1.82) is 0 Å². The van der Waals surface area contributed by atoms with Gasteiger partial charge in [-0.25, -0.2) is 13.4 Å². The van der Waals surface area contributed by atoms with Gasteiger partial charge in [0.2, 0.25) is 5.89 Å². The molecule has 9 heteroatoms. The van der Waals surface area contributed by atoms with E-state index in [-0.39, 0.29) is 23.9 Å². The van der Waals surface area contributed by atoms with Crippen molar-refractivity contribution in [3.63, 3.8) is 0 Å². The Bertz CT molecular complexity index is 1190. The van der Waals surface area contributed by atoms with Crippen molar-refractivity contribution >= 4 is 21.8 Å². The number of carbonyl (C=O) groups excluding carboxylic acids is 1. The van der Waals surface area contributed by atoms with Crippen LogP contribution in [0.4, 0.5) is 0 Å². The minimum atomic E-state index is -3.55. The van der Waals surface area contributed by atoms with Crippen LogP contribution in [0.2, 0.25) is 0 Å². The summed E-state index contributed by atoms with van der Waals surface area (Å²) in [5.74, 6) is 0.388. The standard InChI is InChI=1S/C21H19N3O5S/c25-19(28-13-16-14-29-21(23-16)15-7-2-1-3-8-15)11-6-12-22-20-17-9-4-5-10-18(17)30(26,27)24-20/h1-5,7-10,14H,6,11-13H2,(H,22,24). The lowest BCUT2D eigenvalue weighted by atomic mass is 10.2. The van der Waals surface area contributed by atoms with Crippen LogP contribution in [0.15, 0.2) is 75.2 Å². The molecule has 0 radical (unpaired) electrons. The zero-order valence-corrected chi connectivity index (χ0v) is 16.8. The molecular weight excluding hydrogens is 406 g/mol. The van der Waals surface area contributed by atoms with Crippen LogP contribution < -0.4 is 4.72 Å². The van der Waals surface area contributed by atoms with E-state index in [1.54, 1.807) is 18.2 Å². The molecule has 1 aliphatic rings. The van der Waals surface area contributed by atoms with E-state index in [0.717, 1.165) is 5.56 Å². The second kappa shape index (κ2) is 8.50. The number of benzene rings is 2. The lowest BCUT2D eigenvalue weighted by Gasteiger charge is -2.02. The maximum atomic E-state index is 12.0. The predicted molar refractivity (Wildman–Crippen MR) is 109 cm³/mol. The number of oxazole rings is 1. The van der Waals surface area contributed by atoms with Gasteiger partial charge in [0.1, 0.15) is 24.4 Å². The first-order valence-corrected chi connectivity index (χ1v) is 10.8. The third-order valence-corrected chi connectivity index (χ3v) is 5.82. The van der Waals surface area contributed by atoms with Crippen molar-refractivity contribution in [2.75, 3.05) is 6.54 Å². The van der Waals surface area contributed by atoms with Gasteiger partial charge >= 0.3 is 5.97 Å². The summed E-state index contributed by atoms with van der Waals surface area (Å²) >= 11 is 0. The van der Waals surface area contributed by atoms with Gasteiger partial charge in [0.05, 0.1) is 4.90 Å². The summed E-state index contributed by atoms with van der Waals surface area (Å²) in [7, 11) is -3.55. The number of hydrogen-bond donors (Lipinski definition) is 1. The number of esters is 1. The van der Waals surface area contributed by atoms with Crippen molar-refractivity contribution < 1.29 is 22.4 Å². The number of fused-ring (bicyclic) bond motifs is 1. The summed E-state index contributed by atoms with van der Waals surface area (Å²) in [5.41, 5.74) is 1.91. The Morgan fingerprint density at radius 1 is 1.10 bits per heavy atom. The Morgan fingerprint density at radius 2 is 1.87 bits per heavy atom. The fourth-order valence-corrected chi connectivity index (χ4v) is 4.23. The molecule has 0 fully saturated rings. The first-order chi connectivity index (χ1) is 14.5. The van der Waals surface area contributed by atoms with Gasteiger partial charge in [-0.3, -0.25) is 14.5 Å². The van der Waals surface area contributed by atoms with Crippen LogP contribution in [-0.2, 0) is 26.2 Å². The minimum Gasteiger partial charge on any atom is -0.459 e. The van der Waals surface area contributed by atoms with E-state index >= 15 is 0 Å². The number of nitrogens with one attached hydrogen (secondary N) is 1. The van der Waals surface area contributed by atoms with E-state index < -0.39 is 10.0 Å². The molecule has 2 heterocycles. The molecule has 2 aromatic carbocycles. The van der Waals surface area contributed by atoms with Crippen molar-refractivity contribution in [2.24, 2.45) is 4.99 Å². The lowest BCUT2D eigenvalue weighted by molar-refractivity contribution is -0.145. The van der Waals surface area contributed by atoms with Crippen molar-refractivity contribution in [3.05, 3.63) is 72.1 Å². The second-order valence-electron chi connectivity index (χ2n) is 6.61. The summed E-state index contributed by atoms with van der Waals surface area (Å²) in [4.78, 5) is 20.7. The van der Waals surface area contributed by atoms with Gasteiger partial charge in [0.15, 0.2) is 0 Å². The molecule has 0 bridgehead atoms. The van der Waals surface area contributed by atoms with Crippen molar-refractivity contribution in [3.8, 4) is 11.5 Å². The first-order valence-electron chi connectivity index (χ1n) is 9.35. The summed E-state index contributed by atoms with van der Waals surface area (Å²) in [5, 5.41) is 0. The smallest absolute Gasteiger partial charge is 0.306 e. The van der Waals surface area contributed by atoms with Gasteiger partial charge in [-0.15, -0.1) is 0 Å². The van der Waals surface area contributed by atoms with E-state index in [9.17, 15) is 13.2 Å². The molecule has 0 aliphatic carbocycles. The molecule has 0 spiro atoms. The Labute approximate surface area is 173 Å². The van der Waals surface area contributed by atoms with Crippen LogP contribution >= 0.6 is 0 Å². The molecule has 1 aliphatic heterocycles. The Morgan fingerprint density at radius 3 is 2.70 bits per heavy atom. The number of nitrogens with zero attached hydrogens (tertiary/aromatic N) is 2. The molecule has 0 saturated heterocycles. The highest BCUT2D eigenvalue weighted by Gasteiger charge is 2.29. The quantitative estimate of drug-likeness (QED) is 0.460. The fourth-order valence-electron chi connectivity index (χ4n) is 2.98. The molecule has 0 atom stereocenters. The van der Waals surface area contributed by atoms with Crippen molar-refractivity contribution in [2.45, 2.75) is 24.3 Å². The average molecular weight is 425 g/mol. The molecule has 1 aromatic heterocycles. The number of amidine groups is 1. The average Bonchev–Trinajstić information content (AvgIpc) is 3.33. The molecule has 4 rings (SSSR count). The highest BCUT2D eigenvalue weighted by molar-refractivity contribution is 7.90. The molecular formula is C21H19N3O5S. The number of carbonyl (C=O) groups is 1. The summed E-state index contributed by atoms with van der Waals surface area (Å²) in [6, 6.07) is 16.1. The SMILES string of the molecule is O=C(CCCN=C1NS(=O)(=O)c2ccccc21)OCc1coc(-c2ccccc2)n1. The molecule has 8 nitrogen and oxygen atoms in total. The van der Waals surface area contributed by atoms with Crippen LogP contribution in [0, 0.1) is 0 Å². The number of aromatic nitrogens is 1. The van der Waals surface area contributed by atoms with Gasteiger partial charge in [-0.1, -0.05) is 30.3 Å². The second-order valence-corrected chi connectivity index (χ2v) is 8.26. The Hall–Kier alpha value is -3.46. The number of sulfonamides is 1. The molecule has 1 N–H and O–H groups in total. The molecule has 30 heavy (non-hydrogen) atoms. The number of ether oxygens (including phenoxy) is 1. The van der Waals surface area contributed by atoms with E-state index in [0.29, 0.717) is 35.9 Å². The fraction of sp³-hybridized carbons (Fsp3) is 0.190.